The molecule has 0 atom stereocenters. The van der Waals surface area contributed by atoms with E-state index in [9.17, 15) is 4.79 Å². The Balaban J connectivity index is 3.35. The maximum Gasteiger partial charge on any atom is 0.246 e. The van der Waals surface area contributed by atoms with Gasteiger partial charge in [-0.15, -0.1) is 0 Å². The maximum absolute atomic E-state index is 11.3. The summed E-state index contributed by atoms with van der Waals surface area (Å²) in [5.41, 5.74) is -0.181. The maximum atomic E-state index is 11.3. The first kappa shape index (κ1) is 15.4. The number of hydrogen-bond acceptors (Lipinski definition) is 3. The van der Waals surface area contributed by atoms with Gasteiger partial charge < -0.3 is 15.4 Å². The third-order valence-corrected chi connectivity index (χ3v) is 1.77. The van der Waals surface area contributed by atoms with Crippen LogP contribution < -0.4 is 10.6 Å². The van der Waals surface area contributed by atoms with Crippen LogP contribution >= 0.6 is 0 Å². The van der Waals surface area contributed by atoms with E-state index in [2.05, 4.69) is 24.5 Å². The van der Waals surface area contributed by atoms with Crippen molar-refractivity contribution < 1.29 is 9.53 Å². The second kappa shape index (κ2) is 7.63. The van der Waals surface area contributed by atoms with E-state index in [1.807, 2.05) is 20.8 Å². The number of carbonyl (C=O) groups excluding carboxylic acids is 1. The molecule has 4 nitrogen and oxygen atoms in total. The monoisotopic (exact) mass is 230 g/mol. The van der Waals surface area contributed by atoms with Crippen molar-refractivity contribution in [3.8, 4) is 0 Å². The fourth-order valence-corrected chi connectivity index (χ4v) is 1.18. The van der Waals surface area contributed by atoms with Gasteiger partial charge in [-0.2, -0.15) is 0 Å². The summed E-state index contributed by atoms with van der Waals surface area (Å²) in [7, 11) is 0. The molecule has 96 valence electrons. The molecule has 0 spiro atoms. The van der Waals surface area contributed by atoms with Crippen LogP contribution in [0.5, 0.6) is 0 Å². The minimum Gasteiger partial charge on any atom is -0.372 e. The fraction of sp³-hybridized carbons (Fsp3) is 0.917. The van der Waals surface area contributed by atoms with Crippen molar-refractivity contribution in [2.45, 2.75) is 52.6 Å². The van der Waals surface area contributed by atoms with Crippen LogP contribution in [0.4, 0.5) is 0 Å². The minimum atomic E-state index is -0.181. The molecule has 16 heavy (non-hydrogen) atoms. The average Bonchev–Trinajstić information content (AvgIpc) is 2.07. The highest BCUT2D eigenvalue weighted by Crippen LogP contribution is 1.97. The predicted molar refractivity (Wildman–Crippen MR) is 66.5 cm³/mol. The highest BCUT2D eigenvalue weighted by atomic mass is 16.5. The zero-order valence-electron chi connectivity index (χ0n) is 11.2. The molecule has 0 aliphatic heterocycles. The van der Waals surface area contributed by atoms with Crippen molar-refractivity contribution in [2.24, 2.45) is 0 Å². The van der Waals surface area contributed by atoms with Crippen LogP contribution in [0.15, 0.2) is 0 Å². The van der Waals surface area contributed by atoms with Crippen molar-refractivity contribution in [3.63, 3.8) is 0 Å². The summed E-state index contributed by atoms with van der Waals surface area (Å²) in [5, 5.41) is 6.14. The Hall–Kier alpha value is -0.610. The third kappa shape index (κ3) is 11.5. The summed E-state index contributed by atoms with van der Waals surface area (Å²) in [4.78, 5) is 11.3. The highest BCUT2D eigenvalue weighted by molar-refractivity contribution is 5.77. The lowest BCUT2D eigenvalue weighted by Crippen LogP contribution is -2.42. The van der Waals surface area contributed by atoms with Gasteiger partial charge >= 0.3 is 0 Å². The number of hydrogen-bond donors (Lipinski definition) is 2. The molecule has 0 heterocycles. The lowest BCUT2D eigenvalue weighted by atomic mass is 10.1. The first-order chi connectivity index (χ1) is 7.31. The van der Waals surface area contributed by atoms with E-state index in [1.54, 1.807) is 0 Å². The number of nitrogens with one attached hydrogen (secondary N) is 2. The van der Waals surface area contributed by atoms with Gasteiger partial charge in [0.2, 0.25) is 5.91 Å². The highest BCUT2D eigenvalue weighted by Gasteiger charge is 2.13. The molecule has 1 amide bonds. The SMILES string of the molecule is CC(C)NCCCOCC(=O)NC(C)(C)C. The Bertz CT molecular complexity index is 198. The number of rotatable bonds is 7. The van der Waals surface area contributed by atoms with Crippen LogP contribution in [-0.2, 0) is 9.53 Å². The summed E-state index contributed by atoms with van der Waals surface area (Å²) in [5.74, 6) is -0.0516. The van der Waals surface area contributed by atoms with E-state index < -0.39 is 0 Å². The molecule has 0 rings (SSSR count). The standard InChI is InChI=1S/C12H26N2O2/c1-10(2)13-7-6-8-16-9-11(15)14-12(3,4)5/h10,13H,6-9H2,1-5H3,(H,14,15). The Morgan fingerprint density at radius 1 is 1.31 bits per heavy atom. The lowest BCUT2D eigenvalue weighted by molar-refractivity contribution is -0.127. The normalized spacial score (nSPS) is 11.9. The molecule has 2 N–H and O–H groups in total. The van der Waals surface area contributed by atoms with E-state index in [-0.39, 0.29) is 18.1 Å². The van der Waals surface area contributed by atoms with E-state index in [0.29, 0.717) is 12.6 Å². The van der Waals surface area contributed by atoms with Gasteiger partial charge in [0.25, 0.3) is 0 Å². The molecule has 0 saturated carbocycles. The van der Waals surface area contributed by atoms with Crippen LogP contribution in [0.2, 0.25) is 0 Å². The number of amides is 1. The first-order valence-corrected chi connectivity index (χ1v) is 5.93. The smallest absolute Gasteiger partial charge is 0.246 e. The molecular weight excluding hydrogens is 204 g/mol. The molecule has 0 aromatic heterocycles. The lowest BCUT2D eigenvalue weighted by Gasteiger charge is -2.20. The quantitative estimate of drug-likeness (QED) is 0.648. The summed E-state index contributed by atoms with van der Waals surface area (Å²) >= 11 is 0. The van der Waals surface area contributed by atoms with Gasteiger partial charge in [-0.05, 0) is 33.7 Å². The molecule has 0 aromatic carbocycles. The van der Waals surface area contributed by atoms with Crippen molar-refractivity contribution in [3.05, 3.63) is 0 Å². The molecule has 4 heteroatoms. The van der Waals surface area contributed by atoms with Crippen molar-refractivity contribution in [1.29, 1.82) is 0 Å². The van der Waals surface area contributed by atoms with Gasteiger partial charge in [-0.3, -0.25) is 4.79 Å². The summed E-state index contributed by atoms with van der Waals surface area (Å²) in [6, 6.07) is 0.504. The van der Waals surface area contributed by atoms with Crippen LogP contribution in [-0.4, -0.2) is 37.2 Å². The summed E-state index contributed by atoms with van der Waals surface area (Å²) in [6.45, 7) is 11.8. The molecular formula is C12H26N2O2. The Kier molecular flexibility index (Phi) is 7.34. The Labute approximate surface area is 99.1 Å². The predicted octanol–water partition coefficient (Wildman–Crippen LogP) is 1.31. The third-order valence-electron chi connectivity index (χ3n) is 1.77. The average molecular weight is 230 g/mol. The molecule has 0 radical (unpaired) electrons. The van der Waals surface area contributed by atoms with Gasteiger partial charge in [0, 0.05) is 18.2 Å². The zero-order valence-corrected chi connectivity index (χ0v) is 11.2. The minimum absolute atomic E-state index is 0.0516. The second-order valence-corrected chi connectivity index (χ2v) is 5.31. The summed E-state index contributed by atoms with van der Waals surface area (Å²) in [6.07, 6.45) is 0.932. The number of carbonyl (C=O) groups is 1. The van der Waals surface area contributed by atoms with Crippen LogP contribution in [0.25, 0.3) is 0 Å². The number of ether oxygens (including phenoxy) is 1. The van der Waals surface area contributed by atoms with E-state index in [0.717, 1.165) is 13.0 Å². The van der Waals surface area contributed by atoms with Crippen LogP contribution in [0, 0.1) is 0 Å². The molecule has 0 bridgehead atoms. The Morgan fingerprint density at radius 3 is 2.44 bits per heavy atom. The molecule has 0 unspecified atom stereocenters. The van der Waals surface area contributed by atoms with Gasteiger partial charge in [0.15, 0.2) is 0 Å². The van der Waals surface area contributed by atoms with Gasteiger partial charge in [-0.25, -0.2) is 0 Å². The largest absolute Gasteiger partial charge is 0.372 e. The Morgan fingerprint density at radius 2 is 1.94 bits per heavy atom. The summed E-state index contributed by atoms with van der Waals surface area (Å²) < 4.78 is 5.27. The van der Waals surface area contributed by atoms with Crippen molar-refractivity contribution >= 4 is 5.91 Å². The van der Waals surface area contributed by atoms with Gasteiger partial charge in [0.05, 0.1) is 0 Å². The zero-order chi connectivity index (χ0) is 12.6. The molecule has 0 aromatic rings. The van der Waals surface area contributed by atoms with Crippen molar-refractivity contribution in [1.82, 2.24) is 10.6 Å². The van der Waals surface area contributed by atoms with E-state index in [1.165, 1.54) is 0 Å². The fourth-order valence-electron chi connectivity index (χ4n) is 1.18. The van der Waals surface area contributed by atoms with E-state index in [4.69, 9.17) is 4.74 Å². The molecule has 0 aliphatic carbocycles. The molecule has 0 aliphatic rings. The van der Waals surface area contributed by atoms with Crippen molar-refractivity contribution in [2.75, 3.05) is 19.8 Å². The van der Waals surface area contributed by atoms with Gasteiger partial charge in [-0.1, -0.05) is 13.8 Å². The van der Waals surface area contributed by atoms with Crippen LogP contribution in [0.1, 0.15) is 41.0 Å². The van der Waals surface area contributed by atoms with Crippen LogP contribution in [0.3, 0.4) is 0 Å². The first-order valence-electron chi connectivity index (χ1n) is 5.93. The molecule has 0 saturated heterocycles. The van der Waals surface area contributed by atoms with Gasteiger partial charge in [0.1, 0.15) is 6.61 Å². The second-order valence-electron chi connectivity index (χ2n) is 5.31. The van der Waals surface area contributed by atoms with E-state index >= 15 is 0 Å². The molecule has 0 fully saturated rings. The topological polar surface area (TPSA) is 50.4 Å².